The molecule has 9 heteroatoms. The van der Waals surface area contributed by atoms with E-state index in [1.165, 1.54) is 6.07 Å². The van der Waals surface area contributed by atoms with Crippen molar-refractivity contribution in [3.8, 4) is 22.5 Å². The fourth-order valence-electron chi connectivity index (χ4n) is 4.93. The number of furan rings is 1. The minimum absolute atomic E-state index is 0.119. The summed E-state index contributed by atoms with van der Waals surface area (Å²) in [5.74, 6) is -1.25. The highest BCUT2D eigenvalue weighted by atomic mass is 19.4. The number of carbonyl (C=O) groups excluding carboxylic acids is 2. The minimum Gasteiger partial charge on any atom is -0.455 e. The monoisotopic (exact) mass is 549 g/mol. The third kappa shape index (κ3) is 5.41. The van der Waals surface area contributed by atoms with Crippen molar-refractivity contribution in [2.75, 3.05) is 18.9 Å². The van der Waals surface area contributed by atoms with Crippen LogP contribution >= 0.6 is 0 Å². The van der Waals surface area contributed by atoms with Gasteiger partial charge in [-0.3, -0.25) is 9.59 Å². The van der Waals surface area contributed by atoms with E-state index < -0.39 is 24.0 Å². The maximum Gasteiger partial charge on any atom is 0.408 e. The summed E-state index contributed by atoms with van der Waals surface area (Å²) in [4.78, 5) is 26.0. The van der Waals surface area contributed by atoms with Crippen molar-refractivity contribution in [2.45, 2.75) is 38.9 Å². The molecular weight excluding hydrogens is 519 g/mol. The molecule has 40 heavy (non-hydrogen) atoms. The Kier molecular flexibility index (Phi) is 7.31. The van der Waals surface area contributed by atoms with Crippen molar-refractivity contribution in [1.82, 2.24) is 10.6 Å². The van der Waals surface area contributed by atoms with E-state index >= 15 is 0 Å². The van der Waals surface area contributed by atoms with Crippen LogP contribution in [0.25, 0.3) is 33.4 Å². The molecule has 1 unspecified atom stereocenters. The molecule has 0 spiro atoms. The highest BCUT2D eigenvalue weighted by Gasteiger charge is 2.49. The largest absolute Gasteiger partial charge is 0.455 e. The molecule has 0 radical (unpaired) electrons. The number of halogens is 3. The second-order valence-corrected chi connectivity index (χ2v) is 10.1. The highest BCUT2D eigenvalue weighted by molar-refractivity contribution is 6.13. The number of nitrogens with one attached hydrogen (secondary N) is 3. The molecule has 2 amide bonds. The molecule has 6 nitrogen and oxygen atoms in total. The number of fused-ring (bicyclic) bond motifs is 1. The van der Waals surface area contributed by atoms with Crippen LogP contribution in [-0.2, 0) is 0 Å². The first-order valence-corrected chi connectivity index (χ1v) is 13.2. The Bertz CT molecular complexity index is 1570. The molecule has 1 saturated carbocycles. The fraction of sp³-hybridized carbons (Fsp3) is 0.290. The summed E-state index contributed by atoms with van der Waals surface area (Å²) in [6.45, 7) is 4.49. The lowest BCUT2D eigenvalue weighted by atomic mass is 9.97. The van der Waals surface area contributed by atoms with Crippen LogP contribution in [0.5, 0.6) is 0 Å². The third-order valence-electron chi connectivity index (χ3n) is 7.13. The lowest BCUT2D eigenvalue weighted by molar-refractivity contribution is -0.158. The summed E-state index contributed by atoms with van der Waals surface area (Å²) < 4.78 is 46.8. The number of hydrogen-bond donors (Lipinski definition) is 3. The van der Waals surface area contributed by atoms with Gasteiger partial charge in [-0.15, -0.1) is 0 Å². The summed E-state index contributed by atoms with van der Waals surface area (Å²) in [7, 11) is 1.55. The zero-order valence-corrected chi connectivity index (χ0v) is 22.4. The standard InChI is InChI=1S/C31H30F3N3O3/c1-4-36-24-16-25-23(26(30(39)35-3)27(40-25)18-10-8-17(2)9-11-18)15-22(24)20-6-5-7-21(14-20)29(38)37-28(19-12-13-19)31(32,33)34/h5-11,14-16,19,28,36H,4,12-13H2,1-3H3,(H,35,39)(H,37,38). The summed E-state index contributed by atoms with van der Waals surface area (Å²) in [5, 5.41) is 8.76. The first-order valence-electron chi connectivity index (χ1n) is 13.2. The number of carbonyl (C=O) groups is 2. The summed E-state index contributed by atoms with van der Waals surface area (Å²) in [6.07, 6.45) is -3.62. The van der Waals surface area contributed by atoms with Crippen molar-refractivity contribution in [3.05, 3.63) is 77.4 Å². The summed E-state index contributed by atoms with van der Waals surface area (Å²) in [5.41, 5.74) is 4.81. The van der Waals surface area contributed by atoms with E-state index in [9.17, 15) is 22.8 Å². The summed E-state index contributed by atoms with van der Waals surface area (Å²) in [6, 6.07) is 15.9. The van der Waals surface area contributed by atoms with Gasteiger partial charge in [0.05, 0.1) is 5.56 Å². The van der Waals surface area contributed by atoms with Crippen LogP contribution in [0.4, 0.5) is 18.9 Å². The van der Waals surface area contributed by atoms with Crippen molar-refractivity contribution >= 4 is 28.5 Å². The van der Waals surface area contributed by atoms with Gasteiger partial charge in [0.15, 0.2) is 0 Å². The van der Waals surface area contributed by atoms with Gasteiger partial charge >= 0.3 is 6.18 Å². The second kappa shape index (κ2) is 10.7. The van der Waals surface area contributed by atoms with Gasteiger partial charge in [0.25, 0.3) is 11.8 Å². The van der Waals surface area contributed by atoms with E-state index in [4.69, 9.17) is 4.42 Å². The first kappa shape index (κ1) is 27.3. The van der Waals surface area contributed by atoms with Crippen LogP contribution in [0, 0.1) is 12.8 Å². The molecule has 0 aliphatic heterocycles. The SMILES string of the molecule is CCNc1cc2oc(-c3ccc(C)cc3)c(C(=O)NC)c2cc1-c1cccc(C(=O)NC(C2CC2)C(F)(F)F)c1. The zero-order chi connectivity index (χ0) is 28.6. The zero-order valence-electron chi connectivity index (χ0n) is 22.4. The molecule has 1 aromatic heterocycles. The van der Waals surface area contributed by atoms with Gasteiger partial charge in [0, 0.05) is 47.4 Å². The number of rotatable bonds is 8. The van der Waals surface area contributed by atoms with Gasteiger partial charge in [-0.2, -0.15) is 13.2 Å². The van der Waals surface area contributed by atoms with E-state index in [2.05, 4.69) is 16.0 Å². The Balaban J connectivity index is 1.60. The molecule has 4 aromatic rings. The molecule has 3 N–H and O–H groups in total. The molecule has 1 heterocycles. The summed E-state index contributed by atoms with van der Waals surface area (Å²) >= 11 is 0. The number of alkyl halides is 3. The molecule has 0 saturated heterocycles. The number of hydrogen-bond acceptors (Lipinski definition) is 4. The maximum absolute atomic E-state index is 13.5. The average Bonchev–Trinajstić information content (AvgIpc) is 3.70. The Hall–Kier alpha value is -4.27. The van der Waals surface area contributed by atoms with Gasteiger partial charge in [0.1, 0.15) is 17.4 Å². The Morgan fingerprint density at radius 1 is 1.00 bits per heavy atom. The lowest BCUT2D eigenvalue weighted by Gasteiger charge is -2.21. The molecular formula is C31H30F3N3O3. The van der Waals surface area contributed by atoms with E-state index in [0.717, 1.165) is 11.1 Å². The first-order chi connectivity index (χ1) is 19.1. The Morgan fingerprint density at radius 3 is 2.35 bits per heavy atom. The van der Waals surface area contributed by atoms with Crippen LogP contribution in [-0.4, -0.2) is 37.6 Å². The molecule has 208 valence electrons. The third-order valence-corrected chi connectivity index (χ3v) is 7.13. The predicted octanol–water partition coefficient (Wildman–Crippen LogP) is 6.94. The average molecular weight is 550 g/mol. The van der Waals surface area contributed by atoms with Crippen molar-refractivity contribution in [1.29, 1.82) is 0 Å². The normalized spacial score (nSPS) is 14.2. The number of benzene rings is 3. The molecule has 1 aliphatic carbocycles. The number of anilines is 1. The van der Waals surface area contributed by atoms with Crippen LogP contribution in [0.1, 0.15) is 46.0 Å². The number of amides is 2. The highest BCUT2D eigenvalue weighted by Crippen LogP contribution is 2.41. The van der Waals surface area contributed by atoms with E-state index in [-0.39, 0.29) is 11.5 Å². The van der Waals surface area contributed by atoms with Crippen LogP contribution in [0.15, 0.2) is 65.1 Å². The Morgan fingerprint density at radius 2 is 1.73 bits per heavy atom. The topological polar surface area (TPSA) is 83.4 Å². The fourth-order valence-corrected chi connectivity index (χ4v) is 4.93. The predicted molar refractivity (Wildman–Crippen MR) is 149 cm³/mol. The number of aryl methyl sites for hydroxylation is 1. The molecule has 5 rings (SSSR count). The molecule has 3 aromatic carbocycles. The molecule has 1 aliphatic rings. The maximum atomic E-state index is 13.5. The Labute approximate surface area is 229 Å². The van der Waals surface area contributed by atoms with Crippen LogP contribution in [0.3, 0.4) is 0 Å². The van der Waals surface area contributed by atoms with Gasteiger partial charge in [-0.1, -0.05) is 42.0 Å². The smallest absolute Gasteiger partial charge is 0.408 e. The second-order valence-electron chi connectivity index (χ2n) is 10.1. The van der Waals surface area contributed by atoms with Crippen molar-refractivity contribution < 1.29 is 27.2 Å². The molecule has 1 fully saturated rings. The van der Waals surface area contributed by atoms with E-state index in [1.54, 1.807) is 31.3 Å². The minimum atomic E-state index is -4.51. The van der Waals surface area contributed by atoms with E-state index in [0.29, 0.717) is 58.5 Å². The van der Waals surface area contributed by atoms with Gasteiger partial charge in [-0.05, 0) is 56.4 Å². The van der Waals surface area contributed by atoms with Crippen molar-refractivity contribution in [3.63, 3.8) is 0 Å². The van der Waals surface area contributed by atoms with Crippen LogP contribution in [0.2, 0.25) is 0 Å². The van der Waals surface area contributed by atoms with Gasteiger partial charge < -0.3 is 20.4 Å². The van der Waals surface area contributed by atoms with Gasteiger partial charge in [-0.25, -0.2) is 0 Å². The molecule has 1 atom stereocenters. The lowest BCUT2D eigenvalue weighted by Crippen LogP contribution is -2.46. The van der Waals surface area contributed by atoms with Crippen LogP contribution < -0.4 is 16.0 Å². The van der Waals surface area contributed by atoms with Gasteiger partial charge in [0.2, 0.25) is 0 Å². The van der Waals surface area contributed by atoms with E-state index in [1.807, 2.05) is 44.2 Å². The quantitative estimate of drug-likeness (QED) is 0.222. The molecule has 0 bridgehead atoms. The van der Waals surface area contributed by atoms with Crippen molar-refractivity contribution in [2.24, 2.45) is 5.92 Å².